The third-order valence-electron chi connectivity index (χ3n) is 2.97. The van der Waals surface area contributed by atoms with Crippen molar-refractivity contribution in [1.82, 2.24) is 4.98 Å². The first-order chi connectivity index (χ1) is 11.6. The average molecular weight is 399 g/mol. The van der Waals surface area contributed by atoms with E-state index in [-0.39, 0.29) is 11.7 Å². The molecule has 0 saturated heterocycles. The standard InChI is InChI=1S/C15H11ClN2O3S3/c1-21-14(20)13-9(4-5-22-13)17-12(19)7-23-15-18-10-6-8(16)2-3-11(10)24-15/h2-6H,7H2,1H3,(H,17,19). The lowest BCUT2D eigenvalue weighted by atomic mass is 10.3. The maximum absolute atomic E-state index is 12.1. The molecule has 1 aromatic carbocycles. The second-order valence-corrected chi connectivity index (χ2v) is 8.19. The number of nitrogens with one attached hydrogen (secondary N) is 1. The summed E-state index contributed by atoms with van der Waals surface area (Å²) in [4.78, 5) is 28.5. The van der Waals surface area contributed by atoms with Crippen LogP contribution in [0.5, 0.6) is 0 Å². The zero-order chi connectivity index (χ0) is 17.1. The van der Waals surface area contributed by atoms with Gasteiger partial charge < -0.3 is 10.1 Å². The van der Waals surface area contributed by atoms with Crippen LogP contribution in [0.25, 0.3) is 10.2 Å². The Morgan fingerprint density at radius 2 is 2.21 bits per heavy atom. The molecule has 3 aromatic rings. The molecule has 0 aliphatic carbocycles. The molecule has 9 heteroatoms. The quantitative estimate of drug-likeness (QED) is 0.505. The van der Waals surface area contributed by atoms with Crippen LogP contribution in [-0.4, -0.2) is 29.7 Å². The summed E-state index contributed by atoms with van der Waals surface area (Å²) in [7, 11) is 1.31. The van der Waals surface area contributed by atoms with E-state index in [1.807, 2.05) is 12.1 Å². The van der Waals surface area contributed by atoms with Crippen LogP contribution >= 0.6 is 46.0 Å². The third kappa shape index (κ3) is 3.89. The molecule has 0 bridgehead atoms. The summed E-state index contributed by atoms with van der Waals surface area (Å²) >= 11 is 10.0. The number of amides is 1. The molecule has 1 amide bonds. The van der Waals surface area contributed by atoms with Crippen molar-refractivity contribution >= 4 is 73.8 Å². The van der Waals surface area contributed by atoms with Crippen LogP contribution in [0.2, 0.25) is 5.02 Å². The van der Waals surface area contributed by atoms with E-state index >= 15 is 0 Å². The Hall–Kier alpha value is -1.61. The van der Waals surface area contributed by atoms with Crippen LogP contribution in [-0.2, 0) is 9.53 Å². The molecule has 2 heterocycles. The van der Waals surface area contributed by atoms with Gasteiger partial charge in [0.1, 0.15) is 4.88 Å². The minimum Gasteiger partial charge on any atom is -0.465 e. The summed E-state index contributed by atoms with van der Waals surface area (Å²) in [5.74, 6) is -0.471. The van der Waals surface area contributed by atoms with E-state index in [0.717, 1.165) is 14.6 Å². The average Bonchev–Trinajstić information content (AvgIpc) is 3.18. The fourth-order valence-corrected chi connectivity index (χ4v) is 4.69. The van der Waals surface area contributed by atoms with Gasteiger partial charge in [0.15, 0.2) is 4.34 Å². The second-order valence-electron chi connectivity index (χ2n) is 4.58. The second kappa shape index (κ2) is 7.52. The van der Waals surface area contributed by atoms with Crippen molar-refractivity contribution < 1.29 is 14.3 Å². The Morgan fingerprint density at radius 1 is 1.38 bits per heavy atom. The Kier molecular flexibility index (Phi) is 5.40. The number of rotatable bonds is 5. The molecule has 24 heavy (non-hydrogen) atoms. The molecular formula is C15H11ClN2O3S3. The molecule has 0 radical (unpaired) electrons. The van der Waals surface area contributed by atoms with Crippen molar-refractivity contribution in [1.29, 1.82) is 0 Å². The number of ether oxygens (including phenoxy) is 1. The zero-order valence-electron chi connectivity index (χ0n) is 12.4. The van der Waals surface area contributed by atoms with Gasteiger partial charge in [-0.2, -0.15) is 0 Å². The highest BCUT2D eigenvalue weighted by Crippen LogP contribution is 2.31. The molecule has 1 N–H and O–H groups in total. The Bertz CT molecular complexity index is 906. The maximum atomic E-state index is 12.1. The number of halogens is 1. The fraction of sp³-hybridized carbons (Fsp3) is 0.133. The number of hydrogen-bond acceptors (Lipinski definition) is 7. The highest BCUT2D eigenvalue weighted by molar-refractivity contribution is 8.01. The first-order valence-corrected chi connectivity index (χ1v) is 9.77. The van der Waals surface area contributed by atoms with Gasteiger partial charge in [-0.05, 0) is 29.6 Å². The van der Waals surface area contributed by atoms with Gasteiger partial charge >= 0.3 is 5.97 Å². The first kappa shape index (κ1) is 17.2. The van der Waals surface area contributed by atoms with Gasteiger partial charge in [0.2, 0.25) is 5.91 Å². The summed E-state index contributed by atoms with van der Waals surface area (Å²) < 4.78 is 6.50. The Balaban J connectivity index is 1.63. The molecule has 5 nitrogen and oxygen atoms in total. The molecule has 0 unspecified atom stereocenters. The van der Waals surface area contributed by atoms with E-state index in [1.165, 1.54) is 41.5 Å². The Morgan fingerprint density at radius 3 is 3.00 bits per heavy atom. The van der Waals surface area contributed by atoms with E-state index < -0.39 is 5.97 Å². The largest absolute Gasteiger partial charge is 0.465 e. The van der Waals surface area contributed by atoms with Crippen molar-refractivity contribution in [3.8, 4) is 0 Å². The number of fused-ring (bicyclic) bond motifs is 1. The smallest absolute Gasteiger partial charge is 0.350 e. The topological polar surface area (TPSA) is 68.3 Å². The van der Waals surface area contributed by atoms with Crippen LogP contribution in [0.15, 0.2) is 34.0 Å². The molecule has 124 valence electrons. The summed E-state index contributed by atoms with van der Waals surface area (Å²) in [6, 6.07) is 7.20. The predicted octanol–water partition coefficient (Wildman–Crippen LogP) is 4.53. The summed E-state index contributed by atoms with van der Waals surface area (Å²) in [5, 5.41) is 5.09. The number of carbonyl (C=O) groups is 2. The number of thiazole rings is 1. The minimum absolute atomic E-state index is 0.198. The van der Waals surface area contributed by atoms with E-state index in [1.54, 1.807) is 17.5 Å². The number of nitrogens with zero attached hydrogens (tertiary/aromatic N) is 1. The molecule has 0 saturated carbocycles. The maximum Gasteiger partial charge on any atom is 0.350 e. The van der Waals surface area contributed by atoms with Crippen molar-refractivity contribution in [2.75, 3.05) is 18.2 Å². The number of thiophene rings is 1. The van der Waals surface area contributed by atoms with Crippen molar-refractivity contribution in [3.05, 3.63) is 39.5 Å². The summed E-state index contributed by atoms with van der Waals surface area (Å²) in [6.45, 7) is 0. The lowest BCUT2D eigenvalue weighted by molar-refractivity contribution is -0.113. The number of methoxy groups -OCH3 is 1. The van der Waals surface area contributed by atoms with Crippen molar-refractivity contribution in [3.63, 3.8) is 0 Å². The number of benzene rings is 1. The van der Waals surface area contributed by atoms with Gasteiger partial charge in [0, 0.05) is 5.02 Å². The van der Waals surface area contributed by atoms with Gasteiger partial charge in [0.05, 0.1) is 28.8 Å². The van der Waals surface area contributed by atoms with Crippen molar-refractivity contribution in [2.24, 2.45) is 0 Å². The van der Waals surface area contributed by atoms with Crippen LogP contribution in [0.1, 0.15) is 9.67 Å². The number of anilines is 1. The van der Waals surface area contributed by atoms with Gasteiger partial charge in [-0.3, -0.25) is 4.79 Å². The van der Waals surface area contributed by atoms with Crippen LogP contribution in [0.4, 0.5) is 5.69 Å². The van der Waals surface area contributed by atoms with Gasteiger partial charge in [0.25, 0.3) is 0 Å². The van der Waals surface area contributed by atoms with E-state index in [4.69, 9.17) is 11.6 Å². The van der Waals surface area contributed by atoms with Crippen LogP contribution < -0.4 is 5.32 Å². The SMILES string of the molecule is COC(=O)c1sccc1NC(=O)CSc1nc2cc(Cl)ccc2s1. The van der Waals surface area contributed by atoms with E-state index in [2.05, 4.69) is 15.0 Å². The lowest BCUT2D eigenvalue weighted by Gasteiger charge is -2.04. The number of hydrogen-bond donors (Lipinski definition) is 1. The molecule has 3 rings (SSSR count). The fourth-order valence-electron chi connectivity index (χ4n) is 1.91. The number of esters is 1. The molecule has 0 aliphatic heterocycles. The number of thioether (sulfide) groups is 1. The third-order valence-corrected chi connectivity index (χ3v) is 6.28. The van der Waals surface area contributed by atoms with E-state index in [0.29, 0.717) is 15.6 Å². The zero-order valence-corrected chi connectivity index (χ0v) is 15.6. The highest BCUT2D eigenvalue weighted by atomic mass is 35.5. The predicted molar refractivity (Wildman–Crippen MR) is 99.6 cm³/mol. The summed E-state index contributed by atoms with van der Waals surface area (Å²) in [6.07, 6.45) is 0. The number of aromatic nitrogens is 1. The molecular weight excluding hydrogens is 388 g/mol. The normalized spacial score (nSPS) is 10.8. The minimum atomic E-state index is -0.462. The van der Waals surface area contributed by atoms with Gasteiger partial charge in [-0.25, -0.2) is 9.78 Å². The van der Waals surface area contributed by atoms with Crippen LogP contribution in [0, 0.1) is 0 Å². The summed E-state index contributed by atoms with van der Waals surface area (Å²) in [5.41, 5.74) is 1.29. The highest BCUT2D eigenvalue weighted by Gasteiger charge is 2.16. The lowest BCUT2D eigenvalue weighted by Crippen LogP contribution is -2.15. The first-order valence-electron chi connectivity index (χ1n) is 6.71. The monoisotopic (exact) mass is 398 g/mol. The van der Waals surface area contributed by atoms with Crippen molar-refractivity contribution in [2.45, 2.75) is 4.34 Å². The van der Waals surface area contributed by atoms with E-state index in [9.17, 15) is 9.59 Å². The van der Waals surface area contributed by atoms with Gasteiger partial charge in [-0.1, -0.05) is 23.4 Å². The molecule has 2 aromatic heterocycles. The molecule has 0 aliphatic rings. The van der Waals surface area contributed by atoms with Gasteiger partial charge in [-0.15, -0.1) is 22.7 Å². The number of carbonyl (C=O) groups excluding carboxylic acids is 2. The van der Waals surface area contributed by atoms with Crippen LogP contribution in [0.3, 0.4) is 0 Å². The molecule has 0 spiro atoms. The molecule has 0 atom stereocenters. The molecule has 0 fully saturated rings. The Labute approximate surface area is 155 Å².